The number of fused-ring (bicyclic) bond motifs is 3. The van der Waals surface area contributed by atoms with Crippen molar-refractivity contribution in [3.05, 3.63) is 23.4 Å². The van der Waals surface area contributed by atoms with Crippen molar-refractivity contribution in [1.29, 1.82) is 0 Å². The summed E-state index contributed by atoms with van der Waals surface area (Å²) in [5.74, 6) is 1.86. The van der Waals surface area contributed by atoms with E-state index < -0.39 is 0 Å². The van der Waals surface area contributed by atoms with Gasteiger partial charge in [-0.25, -0.2) is 0 Å². The Bertz CT molecular complexity index is 645. The van der Waals surface area contributed by atoms with Gasteiger partial charge < -0.3 is 19.4 Å². The second-order valence-electron chi connectivity index (χ2n) is 5.20. The zero-order valence-corrected chi connectivity index (χ0v) is 11.2. The van der Waals surface area contributed by atoms with Crippen molar-refractivity contribution < 1.29 is 9.47 Å². The van der Waals surface area contributed by atoms with Gasteiger partial charge in [0.1, 0.15) is 18.1 Å². The summed E-state index contributed by atoms with van der Waals surface area (Å²) >= 11 is 0. The lowest BCUT2D eigenvalue weighted by Crippen LogP contribution is -2.19. The van der Waals surface area contributed by atoms with Crippen molar-refractivity contribution >= 4 is 10.9 Å². The molecule has 100 valence electrons. The highest BCUT2D eigenvalue weighted by atomic mass is 16.5. The minimum Gasteiger partial charge on any atom is -0.497 e. The van der Waals surface area contributed by atoms with E-state index in [-0.39, 0.29) is 0 Å². The minimum absolute atomic E-state index is 0.754. The summed E-state index contributed by atoms with van der Waals surface area (Å²) in [6.45, 7) is 3.84. The lowest BCUT2D eigenvalue weighted by atomic mass is 10.1. The van der Waals surface area contributed by atoms with Gasteiger partial charge in [0.25, 0.3) is 0 Å². The van der Waals surface area contributed by atoms with Gasteiger partial charge in [0.2, 0.25) is 0 Å². The van der Waals surface area contributed by atoms with Gasteiger partial charge >= 0.3 is 0 Å². The number of methoxy groups -OCH3 is 1. The van der Waals surface area contributed by atoms with E-state index in [0.29, 0.717) is 0 Å². The number of aromatic nitrogens is 1. The highest BCUT2D eigenvalue weighted by Gasteiger charge is 2.24. The quantitative estimate of drug-likeness (QED) is 0.846. The molecule has 1 aromatic carbocycles. The van der Waals surface area contributed by atoms with Gasteiger partial charge in [-0.15, -0.1) is 0 Å². The van der Waals surface area contributed by atoms with Crippen LogP contribution in [0.15, 0.2) is 12.1 Å². The maximum Gasteiger partial charge on any atom is 0.147 e. The largest absolute Gasteiger partial charge is 0.497 e. The van der Waals surface area contributed by atoms with E-state index in [1.54, 1.807) is 7.11 Å². The number of ether oxygens (including phenoxy) is 2. The SMILES string of the molecule is COc1cc2c3c(c1)c1c(n3CCO2)CCNCC1. The lowest BCUT2D eigenvalue weighted by molar-refractivity contribution is 0.283. The fourth-order valence-electron chi connectivity index (χ4n) is 3.38. The minimum atomic E-state index is 0.754. The smallest absolute Gasteiger partial charge is 0.147 e. The average molecular weight is 258 g/mol. The topological polar surface area (TPSA) is 35.4 Å². The highest BCUT2D eigenvalue weighted by molar-refractivity contribution is 5.92. The fraction of sp³-hybridized carbons (Fsp3) is 0.467. The molecule has 3 heterocycles. The van der Waals surface area contributed by atoms with E-state index in [0.717, 1.165) is 50.6 Å². The van der Waals surface area contributed by atoms with Crippen molar-refractivity contribution in [2.45, 2.75) is 19.4 Å². The molecule has 0 bridgehead atoms. The molecule has 0 atom stereocenters. The Morgan fingerprint density at radius 2 is 2.16 bits per heavy atom. The predicted molar refractivity (Wildman–Crippen MR) is 74.3 cm³/mol. The number of nitrogens with zero attached hydrogens (tertiary/aromatic N) is 1. The van der Waals surface area contributed by atoms with Crippen LogP contribution in [0, 0.1) is 0 Å². The van der Waals surface area contributed by atoms with E-state index >= 15 is 0 Å². The third kappa shape index (κ3) is 1.56. The molecule has 4 nitrogen and oxygen atoms in total. The molecule has 1 N–H and O–H groups in total. The van der Waals surface area contributed by atoms with Gasteiger partial charge in [0, 0.05) is 30.1 Å². The molecule has 1 aromatic heterocycles. The Kier molecular flexibility index (Phi) is 2.45. The summed E-state index contributed by atoms with van der Waals surface area (Å²) in [5, 5.41) is 4.79. The van der Waals surface area contributed by atoms with Crippen LogP contribution in [-0.4, -0.2) is 31.4 Å². The maximum atomic E-state index is 5.83. The van der Waals surface area contributed by atoms with Gasteiger partial charge in [-0.2, -0.15) is 0 Å². The molecule has 0 unspecified atom stereocenters. The zero-order chi connectivity index (χ0) is 12.8. The van der Waals surface area contributed by atoms with Crippen LogP contribution in [-0.2, 0) is 19.4 Å². The molecule has 0 spiro atoms. The van der Waals surface area contributed by atoms with Crippen LogP contribution in [0.1, 0.15) is 11.3 Å². The third-order valence-corrected chi connectivity index (χ3v) is 4.22. The first-order chi connectivity index (χ1) is 9.38. The van der Waals surface area contributed by atoms with E-state index in [1.807, 2.05) is 6.07 Å². The molecular weight excluding hydrogens is 240 g/mol. The fourth-order valence-corrected chi connectivity index (χ4v) is 3.38. The van der Waals surface area contributed by atoms with Crippen LogP contribution < -0.4 is 14.8 Å². The monoisotopic (exact) mass is 258 g/mol. The first kappa shape index (κ1) is 11.2. The van der Waals surface area contributed by atoms with Gasteiger partial charge in [-0.05, 0) is 24.6 Å². The molecule has 4 rings (SSSR count). The predicted octanol–water partition coefficient (Wildman–Crippen LogP) is 1.73. The van der Waals surface area contributed by atoms with Crippen LogP contribution >= 0.6 is 0 Å². The van der Waals surface area contributed by atoms with Crippen LogP contribution in [0.5, 0.6) is 11.5 Å². The van der Waals surface area contributed by atoms with Gasteiger partial charge in [-0.3, -0.25) is 0 Å². The zero-order valence-electron chi connectivity index (χ0n) is 11.2. The molecule has 0 aliphatic carbocycles. The van der Waals surface area contributed by atoms with Gasteiger partial charge in [0.05, 0.1) is 19.2 Å². The van der Waals surface area contributed by atoms with Crippen LogP contribution in [0.4, 0.5) is 0 Å². The summed E-state index contributed by atoms with van der Waals surface area (Å²) in [4.78, 5) is 0. The Morgan fingerprint density at radius 3 is 3.05 bits per heavy atom. The van der Waals surface area contributed by atoms with Crippen molar-refractivity contribution in [1.82, 2.24) is 9.88 Å². The summed E-state index contributed by atoms with van der Waals surface area (Å²) in [5.41, 5.74) is 4.22. The third-order valence-electron chi connectivity index (χ3n) is 4.22. The molecule has 4 heteroatoms. The molecule has 19 heavy (non-hydrogen) atoms. The normalized spacial score (nSPS) is 17.7. The number of benzene rings is 1. The lowest BCUT2D eigenvalue weighted by Gasteiger charge is -2.19. The average Bonchev–Trinajstić information content (AvgIpc) is 2.64. The summed E-state index contributed by atoms with van der Waals surface area (Å²) in [6.07, 6.45) is 2.19. The molecule has 0 saturated carbocycles. The van der Waals surface area contributed by atoms with E-state index in [1.165, 1.54) is 22.2 Å². The molecular formula is C15H18N2O2. The first-order valence-electron chi connectivity index (χ1n) is 6.94. The van der Waals surface area contributed by atoms with Crippen LogP contribution in [0.25, 0.3) is 10.9 Å². The standard InChI is InChI=1S/C15H18N2O2/c1-18-10-8-12-11-2-4-16-5-3-13(11)17-6-7-19-14(9-10)15(12)17/h8-9,16H,2-7H2,1H3. The molecule has 2 aromatic rings. The van der Waals surface area contributed by atoms with E-state index in [9.17, 15) is 0 Å². The second kappa shape index (κ2) is 4.17. The van der Waals surface area contributed by atoms with Gasteiger partial charge in [0.15, 0.2) is 0 Å². The Morgan fingerprint density at radius 1 is 1.26 bits per heavy atom. The van der Waals surface area contributed by atoms with Crippen LogP contribution in [0.2, 0.25) is 0 Å². The Balaban J connectivity index is 2.06. The van der Waals surface area contributed by atoms with Crippen molar-refractivity contribution in [3.63, 3.8) is 0 Å². The molecule has 0 radical (unpaired) electrons. The maximum absolute atomic E-state index is 5.83. The van der Waals surface area contributed by atoms with Crippen LogP contribution in [0.3, 0.4) is 0 Å². The number of rotatable bonds is 1. The van der Waals surface area contributed by atoms with Crippen molar-refractivity contribution in [2.24, 2.45) is 0 Å². The van der Waals surface area contributed by atoms with Crippen molar-refractivity contribution in [3.8, 4) is 11.5 Å². The molecule has 0 saturated heterocycles. The Hall–Kier alpha value is -1.68. The summed E-state index contributed by atoms with van der Waals surface area (Å²) in [6, 6.07) is 4.17. The molecule has 2 aliphatic heterocycles. The summed E-state index contributed by atoms with van der Waals surface area (Å²) in [7, 11) is 1.72. The number of hydrogen-bond donors (Lipinski definition) is 1. The first-order valence-corrected chi connectivity index (χ1v) is 6.94. The number of hydrogen-bond acceptors (Lipinski definition) is 3. The highest BCUT2D eigenvalue weighted by Crippen LogP contribution is 2.39. The molecule has 0 amide bonds. The van der Waals surface area contributed by atoms with E-state index in [2.05, 4.69) is 16.0 Å². The molecule has 0 fully saturated rings. The van der Waals surface area contributed by atoms with Gasteiger partial charge in [-0.1, -0.05) is 0 Å². The second-order valence-corrected chi connectivity index (χ2v) is 5.20. The summed E-state index contributed by atoms with van der Waals surface area (Å²) < 4.78 is 13.7. The van der Waals surface area contributed by atoms with Crippen molar-refractivity contribution in [2.75, 3.05) is 26.8 Å². The number of nitrogens with one attached hydrogen (secondary N) is 1. The Labute approximate surface area is 112 Å². The molecule has 2 aliphatic rings. The van der Waals surface area contributed by atoms with E-state index in [4.69, 9.17) is 9.47 Å².